The number of amides is 2. The minimum atomic E-state index is -0.183. The molecule has 2 aromatic carbocycles. The van der Waals surface area contributed by atoms with Crippen LogP contribution in [0.3, 0.4) is 0 Å². The molecule has 0 radical (unpaired) electrons. The van der Waals surface area contributed by atoms with Crippen LogP contribution >= 0.6 is 0 Å². The number of urea groups is 1. The Hall–Kier alpha value is -2.73. The van der Waals surface area contributed by atoms with E-state index in [4.69, 9.17) is 4.74 Å². The molecule has 1 fully saturated rings. The summed E-state index contributed by atoms with van der Waals surface area (Å²) in [6.07, 6.45) is 0.941. The Bertz CT molecular complexity index is 715. The number of para-hydroxylation sites is 1. The molecule has 2 aromatic rings. The predicted octanol–water partition coefficient (Wildman–Crippen LogP) is 3.03. The highest BCUT2D eigenvalue weighted by Gasteiger charge is 2.16. The molecule has 0 spiro atoms. The molecule has 6 heteroatoms. The SMILES string of the molecule is COc1cccc(NC(=O)NCCCN2CCN(c3ccccc3)CC2)c1. The van der Waals surface area contributed by atoms with Gasteiger partial charge in [-0.05, 0) is 37.2 Å². The fourth-order valence-corrected chi connectivity index (χ4v) is 3.25. The lowest BCUT2D eigenvalue weighted by atomic mass is 10.2. The first-order valence-electron chi connectivity index (χ1n) is 9.46. The number of methoxy groups -OCH3 is 1. The van der Waals surface area contributed by atoms with Crippen molar-refractivity contribution >= 4 is 17.4 Å². The topological polar surface area (TPSA) is 56.8 Å². The molecule has 0 unspecified atom stereocenters. The van der Waals surface area contributed by atoms with Crippen LogP contribution in [0, 0.1) is 0 Å². The van der Waals surface area contributed by atoms with Gasteiger partial charge in [0, 0.05) is 50.2 Å². The molecule has 0 aromatic heterocycles. The minimum absolute atomic E-state index is 0.183. The summed E-state index contributed by atoms with van der Waals surface area (Å²) in [5, 5.41) is 5.74. The first kappa shape index (κ1) is 19.0. The molecule has 2 N–H and O–H groups in total. The average molecular weight is 368 g/mol. The Morgan fingerprint density at radius 1 is 1.04 bits per heavy atom. The summed E-state index contributed by atoms with van der Waals surface area (Å²) >= 11 is 0. The maximum atomic E-state index is 12.0. The molecule has 6 nitrogen and oxygen atoms in total. The van der Waals surface area contributed by atoms with Gasteiger partial charge >= 0.3 is 6.03 Å². The quantitative estimate of drug-likeness (QED) is 0.738. The number of ether oxygens (including phenoxy) is 1. The molecule has 1 aliphatic rings. The van der Waals surface area contributed by atoms with Gasteiger partial charge in [-0.1, -0.05) is 24.3 Å². The molecule has 2 amide bonds. The Morgan fingerprint density at radius 2 is 1.81 bits per heavy atom. The number of hydrogen-bond acceptors (Lipinski definition) is 4. The number of piperazine rings is 1. The molecule has 1 heterocycles. The van der Waals surface area contributed by atoms with Gasteiger partial charge in [-0.3, -0.25) is 4.90 Å². The van der Waals surface area contributed by atoms with Crippen molar-refractivity contribution in [2.75, 3.05) is 56.6 Å². The van der Waals surface area contributed by atoms with Gasteiger partial charge in [-0.2, -0.15) is 0 Å². The number of nitrogens with one attached hydrogen (secondary N) is 2. The van der Waals surface area contributed by atoms with Crippen LogP contribution in [-0.2, 0) is 0 Å². The maximum absolute atomic E-state index is 12.0. The second-order valence-corrected chi connectivity index (χ2v) is 6.63. The third-order valence-corrected chi connectivity index (χ3v) is 4.76. The van der Waals surface area contributed by atoms with Crippen molar-refractivity contribution in [1.82, 2.24) is 10.2 Å². The van der Waals surface area contributed by atoms with Gasteiger partial charge < -0.3 is 20.3 Å². The monoisotopic (exact) mass is 368 g/mol. The van der Waals surface area contributed by atoms with Crippen molar-refractivity contribution in [2.24, 2.45) is 0 Å². The molecule has 27 heavy (non-hydrogen) atoms. The van der Waals surface area contributed by atoms with E-state index in [1.165, 1.54) is 5.69 Å². The van der Waals surface area contributed by atoms with Gasteiger partial charge in [0.1, 0.15) is 5.75 Å². The highest BCUT2D eigenvalue weighted by atomic mass is 16.5. The molecule has 0 saturated carbocycles. The van der Waals surface area contributed by atoms with E-state index in [1.807, 2.05) is 18.2 Å². The highest BCUT2D eigenvalue weighted by Crippen LogP contribution is 2.17. The highest BCUT2D eigenvalue weighted by molar-refractivity contribution is 5.89. The largest absolute Gasteiger partial charge is 0.497 e. The lowest BCUT2D eigenvalue weighted by molar-refractivity contribution is 0.244. The van der Waals surface area contributed by atoms with E-state index in [1.54, 1.807) is 13.2 Å². The van der Waals surface area contributed by atoms with Crippen LogP contribution in [0.5, 0.6) is 5.75 Å². The van der Waals surface area contributed by atoms with Crippen molar-refractivity contribution < 1.29 is 9.53 Å². The number of hydrogen-bond donors (Lipinski definition) is 2. The zero-order valence-corrected chi connectivity index (χ0v) is 15.9. The normalized spacial score (nSPS) is 14.6. The van der Waals surface area contributed by atoms with Crippen molar-refractivity contribution in [1.29, 1.82) is 0 Å². The van der Waals surface area contributed by atoms with Crippen LogP contribution in [0.15, 0.2) is 54.6 Å². The van der Waals surface area contributed by atoms with Crippen molar-refractivity contribution in [2.45, 2.75) is 6.42 Å². The van der Waals surface area contributed by atoms with E-state index in [0.29, 0.717) is 6.54 Å². The number of nitrogens with zero attached hydrogens (tertiary/aromatic N) is 2. The van der Waals surface area contributed by atoms with Gasteiger partial charge in [-0.15, -0.1) is 0 Å². The first-order chi connectivity index (χ1) is 13.2. The zero-order valence-electron chi connectivity index (χ0n) is 15.9. The number of anilines is 2. The number of carbonyl (C=O) groups is 1. The van der Waals surface area contributed by atoms with Gasteiger partial charge in [-0.25, -0.2) is 4.79 Å². The fraction of sp³-hybridized carbons (Fsp3) is 0.381. The van der Waals surface area contributed by atoms with Crippen molar-refractivity contribution in [3.8, 4) is 5.75 Å². The molecule has 0 aliphatic carbocycles. The summed E-state index contributed by atoms with van der Waals surface area (Å²) in [6.45, 7) is 5.88. The summed E-state index contributed by atoms with van der Waals surface area (Å²) in [5.74, 6) is 0.724. The van der Waals surface area contributed by atoms with Crippen LogP contribution in [0.4, 0.5) is 16.2 Å². The van der Waals surface area contributed by atoms with Crippen molar-refractivity contribution in [3.63, 3.8) is 0 Å². The van der Waals surface area contributed by atoms with E-state index in [0.717, 1.165) is 50.6 Å². The number of rotatable bonds is 7. The Morgan fingerprint density at radius 3 is 2.56 bits per heavy atom. The van der Waals surface area contributed by atoms with Crippen LogP contribution < -0.4 is 20.3 Å². The third-order valence-electron chi connectivity index (χ3n) is 4.76. The van der Waals surface area contributed by atoms with Crippen LogP contribution in [-0.4, -0.2) is 57.3 Å². The Balaban J connectivity index is 1.31. The second kappa shape index (κ2) is 9.83. The van der Waals surface area contributed by atoms with E-state index >= 15 is 0 Å². The summed E-state index contributed by atoms with van der Waals surface area (Å²) in [5.41, 5.74) is 2.02. The standard InChI is InChI=1S/C21H28N4O2/c1-27-20-10-5-7-18(17-20)23-21(26)22-11-6-12-24-13-15-25(16-14-24)19-8-3-2-4-9-19/h2-5,7-10,17H,6,11-16H2,1H3,(H2,22,23,26). The minimum Gasteiger partial charge on any atom is -0.497 e. The average Bonchev–Trinajstić information content (AvgIpc) is 2.72. The van der Waals surface area contributed by atoms with E-state index in [2.05, 4.69) is 50.8 Å². The molecule has 1 saturated heterocycles. The maximum Gasteiger partial charge on any atom is 0.319 e. The fourth-order valence-electron chi connectivity index (χ4n) is 3.25. The van der Waals surface area contributed by atoms with E-state index in [9.17, 15) is 4.79 Å². The molecule has 3 rings (SSSR count). The van der Waals surface area contributed by atoms with Gasteiger partial charge in [0.25, 0.3) is 0 Å². The first-order valence-corrected chi connectivity index (χ1v) is 9.46. The smallest absolute Gasteiger partial charge is 0.319 e. The molecule has 144 valence electrons. The summed E-state index contributed by atoms with van der Waals surface area (Å²) < 4.78 is 5.16. The molecular formula is C21H28N4O2. The lowest BCUT2D eigenvalue weighted by Gasteiger charge is -2.36. The second-order valence-electron chi connectivity index (χ2n) is 6.63. The van der Waals surface area contributed by atoms with Gasteiger partial charge in [0.2, 0.25) is 0 Å². The predicted molar refractivity (Wildman–Crippen MR) is 110 cm³/mol. The Labute approximate surface area is 161 Å². The third kappa shape index (κ3) is 5.89. The molecule has 1 aliphatic heterocycles. The Kier molecular flexibility index (Phi) is 6.93. The number of benzene rings is 2. The van der Waals surface area contributed by atoms with E-state index in [-0.39, 0.29) is 6.03 Å². The van der Waals surface area contributed by atoms with Crippen LogP contribution in [0.1, 0.15) is 6.42 Å². The van der Waals surface area contributed by atoms with Gasteiger partial charge in [0.15, 0.2) is 0 Å². The van der Waals surface area contributed by atoms with Gasteiger partial charge in [0.05, 0.1) is 7.11 Å². The summed E-state index contributed by atoms with van der Waals surface area (Å²) in [4.78, 5) is 16.9. The zero-order chi connectivity index (χ0) is 18.9. The molecule has 0 atom stereocenters. The summed E-state index contributed by atoms with van der Waals surface area (Å²) in [7, 11) is 1.61. The van der Waals surface area contributed by atoms with Crippen LogP contribution in [0.25, 0.3) is 0 Å². The van der Waals surface area contributed by atoms with Crippen molar-refractivity contribution in [3.05, 3.63) is 54.6 Å². The molecular weight excluding hydrogens is 340 g/mol. The summed E-state index contributed by atoms with van der Waals surface area (Å²) in [6, 6.07) is 17.7. The van der Waals surface area contributed by atoms with Crippen LogP contribution in [0.2, 0.25) is 0 Å². The molecule has 0 bridgehead atoms. The van der Waals surface area contributed by atoms with E-state index < -0.39 is 0 Å². The lowest BCUT2D eigenvalue weighted by Crippen LogP contribution is -2.47. The number of carbonyl (C=O) groups excluding carboxylic acids is 1.